The van der Waals surface area contributed by atoms with Gasteiger partial charge in [-0.25, -0.2) is 4.39 Å². The van der Waals surface area contributed by atoms with E-state index >= 15 is 0 Å². The molecule has 17 heavy (non-hydrogen) atoms. The van der Waals surface area contributed by atoms with E-state index < -0.39 is 6.10 Å². The molecular formula is C12H10ClFN2O. The zero-order chi connectivity index (χ0) is 12.3. The first-order valence-electron chi connectivity index (χ1n) is 5.05. The van der Waals surface area contributed by atoms with Crippen molar-refractivity contribution in [1.29, 1.82) is 0 Å². The highest BCUT2D eigenvalue weighted by atomic mass is 35.5. The maximum atomic E-state index is 13.4. The molecule has 0 aliphatic rings. The summed E-state index contributed by atoms with van der Waals surface area (Å²) in [6, 6.07) is 5.91. The summed E-state index contributed by atoms with van der Waals surface area (Å²) in [5.74, 6) is -0.379. The lowest BCUT2D eigenvalue weighted by atomic mass is 10.0. The van der Waals surface area contributed by atoms with Crippen molar-refractivity contribution in [1.82, 2.24) is 10.2 Å². The molecule has 0 spiro atoms. The lowest BCUT2D eigenvalue weighted by Crippen LogP contribution is -2.04. The lowest BCUT2D eigenvalue weighted by molar-refractivity contribution is 0.176. The molecule has 0 amide bonds. The summed E-state index contributed by atoms with van der Waals surface area (Å²) in [6.07, 6.45) is 2.26. The summed E-state index contributed by atoms with van der Waals surface area (Å²) in [4.78, 5) is 0. The Morgan fingerprint density at radius 1 is 1.29 bits per heavy atom. The molecule has 1 aromatic heterocycles. The maximum absolute atomic E-state index is 13.4. The van der Waals surface area contributed by atoms with Crippen LogP contribution in [0.4, 0.5) is 4.39 Å². The predicted octanol–water partition coefficient (Wildman–Crippen LogP) is 2.55. The van der Waals surface area contributed by atoms with Gasteiger partial charge in [0, 0.05) is 23.2 Å². The van der Waals surface area contributed by atoms with Crippen LogP contribution >= 0.6 is 11.6 Å². The average molecular weight is 253 g/mol. The second kappa shape index (κ2) is 5.21. The Kier molecular flexibility index (Phi) is 3.66. The van der Waals surface area contributed by atoms with Crippen LogP contribution in [0, 0.1) is 5.82 Å². The van der Waals surface area contributed by atoms with E-state index in [-0.39, 0.29) is 12.2 Å². The van der Waals surface area contributed by atoms with Gasteiger partial charge in [-0.05, 0) is 29.8 Å². The molecule has 0 bridgehead atoms. The largest absolute Gasteiger partial charge is 0.388 e. The highest BCUT2D eigenvalue weighted by molar-refractivity contribution is 6.30. The molecule has 0 saturated heterocycles. The molecule has 1 atom stereocenters. The molecule has 1 heterocycles. The van der Waals surface area contributed by atoms with Gasteiger partial charge in [0.15, 0.2) is 0 Å². The summed E-state index contributed by atoms with van der Waals surface area (Å²) in [5.41, 5.74) is 0.973. The van der Waals surface area contributed by atoms with Crippen LogP contribution in [0.1, 0.15) is 17.2 Å². The fourth-order valence-corrected chi connectivity index (χ4v) is 1.72. The average Bonchev–Trinajstić information content (AvgIpc) is 2.35. The molecule has 1 aromatic carbocycles. The molecule has 2 aromatic rings. The molecule has 0 aliphatic heterocycles. The van der Waals surface area contributed by atoms with Crippen molar-refractivity contribution in [2.75, 3.05) is 0 Å². The minimum absolute atomic E-state index is 0.151. The van der Waals surface area contributed by atoms with Crippen molar-refractivity contribution >= 4 is 11.6 Å². The quantitative estimate of drug-likeness (QED) is 0.913. The van der Waals surface area contributed by atoms with Crippen molar-refractivity contribution in [2.24, 2.45) is 0 Å². The molecular weight excluding hydrogens is 243 g/mol. The second-order valence-electron chi connectivity index (χ2n) is 3.63. The smallest absolute Gasteiger partial charge is 0.126 e. The van der Waals surface area contributed by atoms with Gasteiger partial charge >= 0.3 is 0 Å². The first kappa shape index (κ1) is 12.0. The van der Waals surface area contributed by atoms with Gasteiger partial charge in [0.05, 0.1) is 12.3 Å². The number of aliphatic hydroxyl groups excluding tert-OH is 1. The van der Waals surface area contributed by atoms with Crippen molar-refractivity contribution in [3.05, 3.63) is 58.6 Å². The fourth-order valence-electron chi connectivity index (χ4n) is 1.52. The van der Waals surface area contributed by atoms with Crippen molar-refractivity contribution in [3.63, 3.8) is 0 Å². The van der Waals surface area contributed by atoms with E-state index in [0.29, 0.717) is 16.1 Å². The molecule has 5 heteroatoms. The molecule has 0 aliphatic carbocycles. The molecule has 0 radical (unpaired) electrons. The van der Waals surface area contributed by atoms with E-state index in [4.69, 9.17) is 11.6 Å². The predicted molar refractivity (Wildman–Crippen MR) is 62.1 cm³/mol. The van der Waals surface area contributed by atoms with Gasteiger partial charge in [0.25, 0.3) is 0 Å². The normalized spacial score (nSPS) is 12.4. The SMILES string of the molecule is OC(Cc1cc(Cl)ccc1F)c1ccnnc1. The minimum Gasteiger partial charge on any atom is -0.388 e. The Bertz CT molecular complexity index is 507. The van der Waals surface area contributed by atoms with Crippen molar-refractivity contribution < 1.29 is 9.50 Å². The van der Waals surface area contributed by atoms with E-state index in [2.05, 4.69) is 10.2 Å². The van der Waals surface area contributed by atoms with Crippen molar-refractivity contribution in [3.8, 4) is 0 Å². The van der Waals surface area contributed by atoms with E-state index in [0.717, 1.165) is 0 Å². The Morgan fingerprint density at radius 3 is 2.82 bits per heavy atom. The summed E-state index contributed by atoms with van der Waals surface area (Å²) in [5, 5.41) is 17.6. The van der Waals surface area contributed by atoms with Gasteiger partial charge in [-0.3, -0.25) is 0 Å². The number of hydrogen-bond donors (Lipinski definition) is 1. The third kappa shape index (κ3) is 2.99. The van der Waals surface area contributed by atoms with E-state index in [1.54, 1.807) is 6.07 Å². The summed E-state index contributed by atoms with van der Waals surface area (Å²) >= 11 is 5.78. The molecule has 1 N–H and O–H groups in total. The Morgan fingerprint density at radius 2 is 2.12 bits per heavy atom. The van der Waals surface area contributed by atoms with Gasteiger partial charge in [-0.2, -0.15) is 10.2 Å². The number of nitrogens with zero attached hydrogens (tertiary/aromatic N) is 2. The standard InChI is InChI=1S/C12H10ClFN2O/c13-10-1-2-11(14)9(5-10)6-12(17)8-3-4-15-16-7-8/h1-5,7,12,17H,6H2. The zero-order valence-corrected chi connectivity index (χ0v) is 9.60. The van der Waals surface area contributed by atoms with Crippen LogP contribution in [-0.4, -0.2) is 15.3 Å². The first-order chi connectivity index (χ1) is 8.16. The summed E-state index contributed by atoms with van der Waals surface area (Å²) in [6.45, 7) is 0. The molecule has 3 nitrogen and oxygen atoms in total. The first-order valence-corrected chi connectivity index (χ1v) is 5.43. The van der Waals surface area contributed by atoms with Crippen molar-refractivity contribution in [2.45, 2.75) is 12.5 Å². The molecule has 0 fully saturated rings. The molecule has 88 valence electrons. The van der Waals surface area contributed by atoms with Gasteiger partial charge in [-0.15, -0.1) is 0 Å². The summed E-state index contributed by atoms with van der Waals surface area (Å²) < 4.78 is 13.4. The van der Waals surface area contributed by atoms with Gasteiger partial charge < -0.3 is 5.11 Å². The van der Waals surface area contributed by atoms with Gasteiger partial charge in [0.2, 0.25) is 0 Å². The number of hydrogen-bond acceptors (Lipinski definition) is 3. The zero-order valence-electron chi connectivity index (χ0n) is 8.85. The third-order valence-electron chi connectivity index (χ3n) is 2.41. The highest BCUT2D eigenvalue weighted by Crippen LogP contribution is 2.21. The van der Waals surface area contributed by atoms with Crippen LogP contribution in [-0.2, 0) is 6.42 Å². The third-order valence-corrected chi connectivity index (χ3v) is 2.65. The number of aromatic nitrogens is 2. The number of rotatable bonds is 3. The van der Waals surface area contributed by atoms with Crippen LogP contribution in [0.25, 0.3) is 0 Å². The number of halogens is 2. The maximum Gasteiger partial charge on any atom is 0.126 e. The monoisotopic (exact) mass is 252 g/mol. The van der Waals surface area contributed by atoms with Crippen LogP contribution in [0.15, 0.2) is 36.7 Å². The second-order valence-corrected chi connectivity index (χ2v) is 4.07. The molecule has 2 rings (SSSR count). The fraction of sp³-hybridized carbons (Fsp3) is 0.167. The van der Waals surface area contributed by atoms with Crippen LogP contribution in [0.5, 0.6) is 0 Å². The Hall–Kier alpha value is -1.52. The Labute approximate surface area is 103 Å². The molecule has 1 unspecified atom stereocenters. The highest BCUT2D eigenvalue weighted by Gasteiger charge is 2.12. The minimum atomic E-state index is -0.821. The van der Waals surface area contributed by atoms with Crippen LogP contribution < -0.4 is 0 Å². The number of benzene rings is 1. The summed E-state index contributed by atoms with van der Waals surface area (Å²) in [7, 11) is 0. The topological polar surface area (TPSA) is 46.0 Å². The van der Waals surface area contributed by atoms with Gasteiger partial charge in [0.1, 0.15) is 5.82 Å². The van der Waals surface area contributed by atoms with Gasteiger partial charge in [-0.1, -0.05) is 11.6 Å². The van der Waals surface area contributed by atoms with E-state index in [1.165, 1.54) is 30.6 Å². The number of aliphatic hydroxyl groups is 1. The van der Waals surface area contributed by atoms with Crippen LogP contribution in [0.3, 0.4) is 0 Å². The van der Waals surface area contributed by atoms with Crippen LogP contribution in [0.2, 0.25) is 5.02 Å². The lowest BCUT2D eigenvalue weighted by Gasteiger charge is -2.11. The molecule has 0 saturated carbocycles. The van der Waals surface area contributed by atoms with E-state index in [9.17, 15) is 9.50 Å². The Balaban J connectivity index is 2.18. The van der Waals surface area contributed by atoms with E-state index in [1.807, 2.05) is 0 Å².